The normalized spacial score (nSPS) is 11.5. The van der Waals surface area contributed by atoms with Crippen molar-refractivity contribution in [3.8, 4) is 17.2 Å². The number of hydrogen-bond acceptors (Lipinski definition) is 10. The topological polar surface area (TPSA) is 164 Å². The van der Waals surface area contributed by atoms with E-state index in [0.29, 0.717) is 28.4 Å². The number of nitrogens with one attached hydrogen (secondary N) is 1. The highest BCUT2D eigenvalue weighted by Gasteiger charge is 2.31. The molecule has 0 aromatic heterocycles. The second kappa shape index (κ2) is 22.7. The second-order valence-corrected chi connectivity index (χ2v) is 10.9. The molecule has 18 heteroatoms. The Morgan fingerprint density at radius 3 is 1.62 bits per heavy atom. The van der Waals surface area contributed by atoms with Crippen LogP contribution >= 0.6 is 11.6 Å². The van der Waals surface area contributed by atoms with Crippen molar-refractivity contribution in [3.05, 3.63) is 149 Å². The molecule has 0 fully saturated rings. The van der Waals surface area contributed by atoms with Gasteiger partial charge in [0, 0.05) is 11.3 Å². The van der Waals surface area contributed by atoms with E-state index in [9.17, 15) is 31.5 Å². The molecule has 5 aromatic rings. The molecule has 0 spiro atoms. The van der Waals surface area contributed by atoms with Gasteiger partial charge in [0.1, 0.15) is 17.2 Å². The molecule has 0 bridgehead atoms. The van der Waals surface area contributed by atoms with Crippen molar-refractivity contribution in [3.63, 3.8) is 0 Å². The van der Waals surface area contributed by atoms with E-state index in [2.05, 4.69) is 15.3 Å². The van der Waals surface area contributed by atoms with Crippen molar-refractivity contribution in [1.82, 2.24) is 5.48 Å². The maximum atomic E-state index is 12.7. The minimum absolute atomic E-state index is 0.0169. The summed E-state index contributed by atoms with van der Waals surface area (Å²) in [5.74, 6) is 1.69. The summed E-state index contributed by atoms with van der Waals surface area (Å²) in [6.07, 6.45) is -7.42. The molecule has 0 aliphatic carbocycles. The Morgan fingerprint density at radius 2 is 1.14 bits per heavy atom. The van der Waals surface area contributed by atoms with Crippen LogP contribution < -0.4 is 25.4 Å². The van der Waals surface area contributed by atoms with Crippen LogP contribution in [0, 0.1) is 0 Å². The van der Waals surface area contributed by atoms with Gasteiger partial charge in [-0.25, -0.2) is 4.99 Å². The van der Waals surface area contributed by atoms with Crippen molar-refractivity contribution in [2.75, 3.05) is 27.1 Å². The number of rotatable bonds is 7. The first-order valence-corrected chi connectivity index (χ1v) is 16.0. The van der Waals surface area contributed by atoms with Crippen LogP contribution in [-0.4, -0.2) is 54.2 Å². The zero-order valence-corrected chi connectivity index (χ0v) is 30.5. The number of nitrogens with zero attached hydrogens (tertiary/aromatic N) is 3. The largest absolute Gasteiger partial charge is 0.496 e. The van der Waals surface area contributed by atoms with Crippen LogP contribution in [0.15, 0.2) is 137 Å². The predicted octanol–water partition coefficient (Wildman–Crippen LogP) is 9.63. The number of hydroxylamine groups is 1. The summed E-state index contributed by atoms with van der Waals surface area (Å²) in [6.45, 7) is 0. The lowest BCUT2D eigenvalue weighted by Gasteiger charge is -2.11. The molecule has 11 nitrogen and oxygen atoms in total. The number of nitrogens with two attached hydrogens (primary N) is 1. The minimum Gasteiger partial charge on any atom is -0.496 e. The average molecular weight is 808 g/mol. The van der Waals surface area contributed by atoms with E-state index in [1.54, 1.807) is 61.7 Å². The SMILES string of the molecule is COc1ccccc1/C(Cl)=N/O.COc1ccccc1/C=N/O.COc1ccccc1C(=Nc1cccc(C(F)(F)F)c1)NO.Nc1cccc(C(F)(F)F)c1. The third kappa shape index (κ3) is 14.8. The van der Waals surface area contributed by atoms with Crippen molar-refractivity contribution in [2.24, 2.45) is 15.3 Å². The molecule has 0 radical (unpaired) electrons. The Labute approximate surface area is 322 Å². The minimum atomic E-state index is -4.46. The Hall–Kier alpha value is -6.46. The molecule has 5 aromatic carbocycles. The second-order valence-electron chi connectivity index (χ2n) is 10.5. The lowest BCUT2D eigenvalue weighted by molar-refractivity contribution is -0.138. The van der Waals surface area contributed by atoms with E-state index < -0.39 is 23.5 Å². The molecule has 0 saturated heterocycles. The summed E-state index contributed by atoms with van der Waals surface area (Å²) in [7, 11) is 4.54. The van der Waals surface area contributed by atoms with Gasteiger partial charge in [0.25, 0.3) is 0 Å². The number of ether oxygens (including phenoxy) is 3. The maximum Gasteiger partial charge on any atom is 0.416 e. The molecular weight excluding hydrogens is 772 g/mol. The van der Waals surface area contributed by atoms with Crippen molar-refractivity contribution in [2.45, 2.75) is 12.4 Å². The van der Waals surface area contributed by atoms with Crippen molar-refractivity contribution in [1.29, 1.82) is 0 Å². The molecule has 0 amide bonds. The summed E-state index contributed by atoms with van der Waals surface area (Å²) in [5, 5.41) is 31.7. The Kier molecular flexibility index (Phi) is 18.5. The molecule has 6 N–H and O–H groups in total. The molecule has 56 heavy (non-hydrogen) atoms. The number of oxime groups is 2. The fourth-order valence-corrected chi connectivity index (χ4v) is 4.44. The number of amidine groups is 1. The molecule has 0 aliphatic rings. The summed E-state index contributed by atoms with van der Waals surface area (Å²) in [5.41, 5.74) is 7.45. The predicted molar refractivity (Wildman–Crippen MR) is 201 cm³/mol. The van der Waals surface area contributed by atoms with Gasteiger partial charge >= 0.3 is 12.4 Å². The summed E-state index contributed by atoms with van der Waals surface area (Å²) < 4.78 is 88.9. The van der Waals surface area contributed by atoms with E-state index in [1.165, 1.54) is 44.7 Å². The van der Waals surface area contributed by atoms with Gasteiger partial charge in [-0.3, -0.25) is 10.7 Å². The molecule has 298 valence electrons. The molecule has 0 aliphatic heterocycles. The molecule has 0 atom stereocenters. The van der Waals surface area contributed by atoms with Crippen LogP contribution in [0.4, 0.5) is 37.7 Å². The molecule has 0 unspecified atom stereocenters. The summed E-state index contributed by atoms with van der Waals surface area (Å²) in [4.78, 5) is 4.01. The van der Waals surface area contributed by atoms with Crippen LogP contribution in [0.25, 0.3) is 0 Å². The highest BCUT2D eigenvalue weighted by atomic mass is 35.5. The molecule has 5 rings (SSSR count). The number of aliphatic imine (C=N–C) groups is 1. The monoisotopic (exact) mass is 807 g/mol. The van der Waals surface area contributed by atoms with Crippen LogP contribution in [0.2, 0.25) is 0 Å². The quantitative estimate of drug-likeness (QED) is 0.0271. The average Bonchev–Trinajstić information content (AvgIpc) is 3.20. The van der Waals surface area contributed by atoms with Gasteiger partial charge in [-0.1, -0.05) is 70.4 Å². The van der Waals surface area contributed by atoms with Gasteiger partial charge in [0.15, 0.2) is 11.0 Å². The highest BCUT2D eigenvalue weighted by molar-refractivity contribution is 6.69. The van der Waals surface area contributed by atoms with Crippen LogP contribution in [0.3, 0.4) is 0 Å². The molecular formula is C38H36ClF6N5O6. The van der Waals surface area contributed by atoms with Gasteiger partial charge in [-0.15, -0.1) is 0 Å². The van der Waals surface area contributed by atoms with Gasteiger partial charge in [0.05, 0.1) is 55.5 Å². The third-order valence-electron chi connectivity index (χ3n) is 6.85. The Balaban J connectivity index is 0.000000273. The lowest BCUT2D eigenvalue weighted by atomic mass is 10.1. The number of halogens is 7. The lowest BCUT2D eigenvalue weighted by Crippen LogP contribution is -2.20. The first-order chi connectivity index (χ1) is 26.6. The van der Waals surface area contributed by atoms with E-state index in [-0.39, 0.29) is 22.4 Å². The van der Waals surface area contributed by atoms with Gasteiger partial charge in [-0.2, -0.15) is 26.3 Å². The Morgan fingerprint density at radius 1 is 0.661 bits per heavy atom. The maximum absolute atomic E-state index is 12.7. The molecule has 0 heterocycles. The first-order valence-electron chi connectivity index (χ1n) is 15.7. The number of anilines is 1. The highest BCUT2D eigenvalue weighted by Crippen LogP contribution is 2.32. The number of para-hydroxylation sites is 3. The third-order valence-corrected chi connectivity index (χ3v) is 7.13. The number of hydrogen-bond donors (Lipinski definition) is 5. The number of benzene rings is 5. The van der Waals surface area contributed by atoms with Crippen molar-refractivity contribution >= 4 is 40.2 Å². The van der Waals surface area contributed by atoms with Crippen LogP contribution in [0.5, 0.6) is 17.2 Å². The van der Waals surface area contributed by atoms with Gasteiger partial charge < -0.3 is 30.4 Å². The van der Waals surface area contributed by atoms with E-state index in [1.807, 2.05) is 23.7 Å². The molecule has 0 saturated carbocycles. The standard InChI is InChI=1S/C15H13F3N2O2.C8H8ClNO2.C8H9NO2.C7H6F3N/c1-22-13-8-3-2-7-12(13)14(20-21)19-11-6-4-5-10(9-11)15(16,17)18;1-12-7-5-3-2-4-6(7)8(9)10-11;1-11-8-5-3-2-4-7(8)6-9-10;8-7(9,10)5-2-1-3-6(11)4-5/h2-9,21H,1H3,(H,19,20);2-5,11H,1H3;2-6,10H,1H3;1-4H,11H2/b;10-8-;9-6+;. The fourth-order valence-electron chi connectivity index (χ4n) is 4.29. The number of methoxy groups -OCH3 is 3. The van der Waals surface area contributed by atoms with E-state index >= 15 is 0 Å². The zero-order valence-electron chi connectivity index (χ0n) is 29.8. The smallest absolute Gasteiger partial charge is 0.416 e. The first kappa shape index (κ1) is 45.7. The Bertz CT molecular complexity index is 2060. The summed E-state index contributed by atoms with van der Waals surface area (Å²) >= 11 is 5.59. The van der Waals surface area contributed by atoms with E-state index in [0.717, 1.165) is 29.8 Å². The number of alkyl halides is 6. The van der Waals surface area contributed by atoms with Crippen LogP contribution in [0.1, 0.15) is 27.8 Å². The summed E-state index contributed by atoms with van der Waals surface area (Å²) in [6, 6.07) is 30.1. The van der Waals surface area contributed by atoms with Crippen molar-refractivity contribution < 1.29 is 56.2 Å². The van der Waals surface area contributed by atoms with Gasteiger partial charge in [-0.05, 0) is 72.8 Å². The zero-order chi connectivity index (χ0) is 41.7. The van der Waals surface area contributed by atoms with E-state index in [4.69, 9.17) is 42.0 Å². The van der Waals surface area contributed by atoms with Gasteiger partial charge in [0.2, 0.25) is 0 Å². The van der Waals surface area contributed by atoms with Crippen LogP contribution in [-0.2, 0) is 12.4 Å². The fraction of sp³-hybridized carbons (Fsp3) is 0.132. The number of nitrogen functional groups attached to an aromatic ring is 1.